The Labute approximate surface area is 165 Å². The standard InChI is InChI=1S/C21H25FN2O3S/c1-2-3-6-17-9-11-18(12-10-17)21(25)23-13-15-24(16-14-23)28(26,27)20-8-5-4-7-19(20)22/h4-5,7-12H,2-3,6,13-16H2,1H3. The number of carbonyl (C=O) groups excluding carboxylic acids is 1. The molecule has 7 heteroatoms. The minimum atomic E-state index is -3.90. The van der Waals surface area contributed by atoms with Crippen LogP contribution in [0.5, 0.6) is 0 Å². The number of rotatable bonds is 6. The second-order valence-corrected chi connectivity index (χ2v) is 8.83. The van der Waals surface area contributed by atoms with Gasteiger partial charge in [-0.15, -0.1) is 0 Å². The molecule has 0 unspecified atom stereocenters. The second kappa shape index (κ2) is 8.84. The SMILES string of the molecule is CCCCc1ccc(C(=O)N2CCN(S(=O)(=O)c3ccccc3F)CC2)cc1. The van der Waals surface area contributed by atoms with Crippen molar-refractivity contribution in [2.24, 2.45) is 0 Å². The van der Waals surface area contributed by atoms with Gasteiger partial charge < -0.3 is 4.90 Å². The Morgan fingerprint density at radius 3 is 2.25 bits per heavy atom. The molecule has 0 aliphatic carbocycles. The maximum atomic E-state index is 13.9. The summed E-state index contributed by atoms with van der Waals surface area (Å²) in [7, 11) is -3.90. The van der Waals surface area contributed by atoms with Crippen molar-refractivity contribution in [1.29, 1.82) is 0 Å². The van der Waals surface area contributed by atoms with Crippen molar-refractivity contribution in [1.82, 2.24) is 9.21 Å². The van der Waals surface area contributed by atoms with E-state index in [1.165, 1.54) is 28.1 Å². The van der Waals surface area contributed by atoms with Crippen LogP contribution < -0.4 is 0 Å². The molecule has 1 aliphatic rings. The first-order valence-electron chi connectivity index (χ1n) is 9.56. The summed E-state index contributed by atoms with van der Waals surface area (Å²) in [5.74, 6) is -0.867. The zero-order valence-electron chi connectivity index (χ0n) is 16.0. The van der Waals surface area contributed by atoms with Crippen molar-refractivity contribution in [3.05, 3.63) is 65.5 Å². The highest BCUT2D eigenvalue weighted by molar-refractivity contribution is 7.89. The molecule has 0 radical (unpaired) electrons. The molecule has 3 rings (SSSR count). The molecule has 1 heterocycles. The molecule has 0 bridgehead atoms. The van der Waals surface area contributed by atoms with Gasteiger partial charge in [0.1, 0.15) is 10.7 Å². The van der Waals surface area contributed by atoms with Crippen molar-refractivity contribution in [2.75, 3.05) is 26.2 Å². The highest BCUT2D eigenvalue weighted by atomic mass is 32.2. The van der Waals surface area contributed by atoms with Gasteiger partial charge in [0.05, 0.1) is 0 Å². The summed E-state index contributed by atoms with van der Waals surface area (Å²) in [6.45, 7) is 3.01. The molecule has 1 saturated heterocycles. The Hall–Kier alpha value is -2.25. The third-order valence-electron chi connectivity index (χ3n) is 5.00. The molecule has 150 valence electrons. The maximum absolute atomic E-state index is 13.9. The van der Waals surface area contributed by atoms with Gasteiger partial charge in [0.15, 0.2) is 0 Å². The van der Waals surface area contributed by atoms with Gasteiger partial charge >= 0.3 is 0 Å². The Bertz CT molecular complexity index is 921. The van der Waals surface area contributed by atoms with E-state index in [1.807, 2.05) is 24.3 Å². The molecule has 1 aliphatic heterocycles. The van der Waals surface area contributed by atoms with Gasteiger partial charge in [-0.25, -0.2) is 12.8 Å². The highest BCUT2D eigenvalue weighted by Gasteiger charge is 2.31. The summed E-state index contributed by atoms with van der Waals surface area (Å²) in [5, 5.41) is 0. The molecular weight excluding hydrogens is 379 g/mol. The van der Waals surface area contributed by atoms with Crippen molar-refractivity contribution in [2.45, 2.75) is 31.1 Å². The second-order valence-electron chi connectivity index (χ2n) is 6.93. The summed E-state index contributed by atoms with van der Waals surface area (Å²) in [4.78, 5) is 14.0. The van der Waals surface area contributed by atoms with E-state index in [1.54, 1.807) is 4.90 Å². The van der Waals surface area contributed by atoms with Gasteiger partial charge in [0.2, 0.25) is 10.0 Å². The van der Waals surface area contributed by atoms with Crippen LogP contribution in [0.1, 0.15) is 35.7 Å². The first-order chi connectivity index (χ1) is 13.4. The number of halogens is 1. The van der Waals surface area contributed by atoms with Crippen LogP contribution in [0.15, 0.2) is 53.4 Å². The average molecular weight is 405 g/mol. The quantitative estimate of drug-likeness (QED) is 0.742. The lowest BCUT2D eigenvalue weighted by atomic mass is 10.1. The lowest BCUT2D eigenvalue weighted by Crippen LogP contribution is -2.50. The molecule has 28 heavy (non-hydrogen) atoms. The fourth-order valence-corrected chi connectivity index (χ4v) is 4.79. The van der Waals surface area contributed by atoms with Crippen LogP contribution in [0.25, 0.3) is 0 Å². The number of unbranched alkanes of at least 4 members (excludes halogenated alkanes) is 1. The predicted octanol–water partition coefficient (Wildman–Crippen LogP) is 3.32. The lowest BCUT2D eigenvalue weighted by Gasteiger charge is -2.34. The minimum Gasteiger partial charge on any atom is -0.336 e. The zero-order chi connectivity index (χ0) is 20.1. The molecule has 0 saturated carbocycles. The minimum absolute atomic E-state index is 0.106. The number of piperazine rings is 1. The number of aryl methyl sites for hydroxylation is 1. The molecule has 2 aromatic carbocycles. The van der Waals surface area contributed by atoms with E-state index in [0.717, 1.165) is 25.3 Å². The number of sulfonamides is 1. The van der Waals surface area contributed by atoms with E-state index >= 15 is 0 Å². The molecule has 0 aromatic heterocycles. The fraction of sp³-hybridized carbons (Fsp3) is 0.381. The molecule has 0 N–H and O–H groups in total. The monoisotopic (exact) mass is 404 g/mol. The van der Waals surface area contributed by atoms with E-state index in [9.17, 15) is 17.6 Å². The number of hydrogen-bond donors (Lipinski definition) is 0. The van der Waals surface area contributed by atoms with Gasteiger partial charge in [-0.1, -0.05) is 37.6 Å². The van der Waals surface area contributed by atoms with Gasteiger partial charge in [0, 0.05) is 31.7 Å². The van der Waals surface area contributed by atoms with Crippen molar-refractivity contribution >= 4 is 15.9 Å². The third kappa shape index (κ3) is 4.42. The van der Waals surface area contributed by atoms with Gasteiger partial charge in [-0.05, 0) is 42.7 Å². The fourth-order valence-electron chi connectivity index (χ4n) is 3.30. The predicted molar refractivity (Wildman–Crippen MR) is 106 cm³/mol. The van der Waals surface area contributed by atoms with Gasteiger partial charge in [0.25, 0.3) is 5.91 Å². The lowest BCUT2D eigenvalue weighted by molar-refractivity contribution is 0.0697. The van der Waals surface area contributed by atoms with Crippen LogP contribution in [0.2, 0.25) is 0 Å². The van der Waals surface area contributed by atoms with E-state index in [-0.39, 0.29) is 37.0 Å². The van der Waals surface area contributed by atoms with Gasteiger partial charge in [-0.2, -0.15) is 4.31 Å². The Balaban J connectivity index is 1.63. The number of nitrogens with zero attached hydrogens (tertiary/aromatic N) is 2. The summed E-state index contributed by atoms with van der Waals surface area (Å²) in [6, 6.07) is 13.0. The molecule has 2 aromatic rings. The zero-order valence-corrected chi connectivity index (χ0v) is 16.8. The van der Waals surface area contributed by atoms with Crippen molar-refractivity contribution < 1.29 is 17.6 Å². The van der Waals surface area contributed by atoms with E-state index in [4.69, 9.17) is 0 Å². The maximum Gasteiger partial charge on any atom is 0.253 e. The summed E-state index contributed by atoms with van der Waals surface area (Å²) < 4.78 is 40.5. The molecule has 0 atom stereocenters. The summed E-state index contributed by atoms with van der Waals surface area (Å²) >= 11 is 0. The topological polar surface area (TPSA) is 57.7 Å². The molecule has 0 spiro atoms. The number of hydrogen-bond acceptors (Lipinski definition) is 3. The Kier molecular flexibility index (Phi) is 6.46. The summed E-state index contributed by atoms with van der Waals surface area (Å²) in [5.41, 5.74) is 1.81. The van der Waals surface area contributed by atoms with E-state index < -0.39 is 15.8 Å². The van der Waals surface area contributed by atoms with Crippen LogP contribution >= 0.6 is 0 Å². The van der Waals surface area contributed by atoms with Crippen molar-refractivity contribution in [3.63, 3.8) is 0 Å². The van der Waals surface area contributed by atoms with Gasteiger partial charge in [-0.3, -0.25) is 4.79 Å². The van der Waals surface area contributed by atoms with E-state index in [0.29, 0.717) is 5.56 Å². The number of benzene rings is 2. The highest BCUT2D eigenvalue weighted by Crippen LogP contribution is 2.21. The summed E-state index contributed by atoms with van der Waals surface area (Å²) in [6.07, 6.45) is 3.24. The first kappa shape index (κ1) is 20.5. The Morgan fingerprint density at radius 1 is 1.00 bits per heavy atom. The molecular formula is C21H25FN2O3S. The molecule has 1 amide bonds. The number of carbonyl (C=O) groups is 1. The van der Waals surface area contributed by atoms with Crippen LogP contribution in [0.4, 0.5) is 4.39 Å². The van der Waals surface area contributed by atoms with Crippen molar-refractivity contribution in [3.8, 4) is 0 Å². The van der Waals surface area contributed by atoms with Crippen LogP contribution in [0.3, 0.4) is 0 Å². The third-order valence-corrected chi connectivity index (χ3v) is 6.93. The van der Waals surface area contributed by atoms with Crippen LogP contribution in [-0.2, 0) is 16.4 Å². The van der Waals surface area contributed by atoms with E-state index in [2.05, 4.69) is 6.92 Å². The normalized spacial score (nSPS) is 15.6. The first-order valence-corrected chi connectivity index (χ1v) is 11.0. The molecule has 5 nitrogen and oxygen atoms in total. The number of amides is 1. The molecule has 1 fully saturated rings. The average Bonchev–Trinajstić information content (AvgIpc) is 2.72. The van der Waals surface area contributed by atoms with Crippen LogP contribution in [-0.4, -0.2) is 49.7 Å². The van der Waals surface area contributed by atoms with Crippen LogP contribution in [0, 0.1) is 5.82 Å². The smallest absolute Gasteiger partial charge is 0.253 e. The Morgan fingerprint density at radius 2 is 1.64 bits per heavy atom. The largest absolute Gasteiger partial charge is 0.336 e.